The Labute approximate surface area is 233 Å². The van der Waals surface area contributed by atoms with Gasteiger partial charge in [-0.2, -0.15) is 0 Å². The van der Waals surface area contributed by atoms with Crippen molar-refractivity contribution in [3.8, 4) is 11.3 Å². The summed E-state index contributed by atoms with van der Waals surface area (Å²) >= 11 is 0. The Kier molecular flexibility index (Phi) is 7.28. The molecule has 5 heteroatoms. The molecule has 0 spiro atoms. The molecular formula is C34H42N4O. The fourth-order valence-corrected chi connectivity index (χ4v) is 7.77. The Hall–Kier alpha value is -3.05. The van der Waals surface area contributed by atoms with Gasteiger partial charge in [-0.1, -0.05) is 56.3 Å². The Morgan fingerprint density at radius 3 is 2.18 bits per heavy atom. The monoisotopic (exact) mass is 522 g/mol. The van der Waals surface area contributed by atoms with Crippen molar-refractivity contribution < 1.29 is 4.79 Å². The van der Waals surface area contributed by atoms with Crippen molar-refractivity contribution in [1.82, 2.24) is 9.97 Å². The van der Waals surface area contributed by atoms with Crippen molar-refractivity contribution in [2.45, 2.75) is 83.1 Å². The zero-order valence-corrected chi connectivity index (χ0v) is 23.4. The molecule has 0 radical (unpaired) electrons. The molecule has 4 aliphatic carbocycles. The first-order valence-corrected chi connectivity index (χ1v) is 15.0. The highest BCUT2D eigenvalue weighted by molar-refractivity contribution is 5.95. The summed E-state index contributed by atoms with van der Waals surface area (Å²) in [5, 5.41) is 2.96. The number of amides is 1. The molecule has 4 bridgehead atoms. The normalized spacial score (nSPS) is 26.1. The van der Waals surface area contributed by atoms with Crippen LogP contribution in [0, 0.1) is 23.7 Å². The number of rotatable bonds is 9. The average Bonchev–Trinajstić information content (AvgIpc) is 2.92. The summed E-state index contributed by atoms with van der Waals surface area (Å²) in [5.74, 6) is 3.59. The molecule has 204 valence electrons. The number of hydrogen-bond donors (Lipinski definition) is 2. The van der Waals surface area contributed by atoms with Crippen molar-refractivity contribution in [3.05, 3.63) is 77.7 Å². The number of aryl methyl sites for hydroxylation is 2. The molecule has 5 nitrogen and oxygen atoms in total. The zero-order valence-electron chi connectivity index (χ0n) is 23.4. The molecule has 1 unspecified atom stereocenters. The number of nitrogens with zero attached hydrogens (tertiary/aromatic N) is 2. The van der Waals surface area contributed by atoms with Crippen LogP contribution in [0.1, 0.15) is 75.9 Å². The third-order valence-electron chi connectivity index (χ3n) is 9.50. The quantitative estimate of drug-likeness (QED) is 0.327. The SMILES string of the molecule is CC(C)C(N)C(=O)Nc1ccc(-c2cc(CCCc3ccccc3)nc(C34CC5CC(CC(C5)C3)C4)n2)cc1. The van der Waals surface area contributed by atoms with Gasteiger partial charge in [0.05, 0.1) is 11.7 Å². The van der Waals surface area contributed by atoms with Crippen LogP contribution < -0.4 is 11.1 Å². The molecule has 1 amide bonds. The fraction of sp³-hybridized carbons (Fsp3) is 0.500. The van der Waals surface area contributed by atoms with Crippen molar-refractivity contribution in [2.24, 2.45) is 29.4 Å². The van der Waals surface area contributed by atoms with Gasteiger partial charge in [0, 0.05) is 22.4 Å². The van der Waals surface area contributed by atoms with E-state index < -0.39 is 6.04 Å². The summed E-state index contributed by atoms with van der Waals surface area (Å²) in [7, 11) is 0. The van der Waals surface area contributed by atoms with Crippen LogP contribution in [-0.4, -0.2) is 21.9 Å². The maximum atomic E-state index is 12.4. The van der Waals surface area contributed by atoms with Crippen LogP contribution in [0.4, 0.5) is 5.69 Å². The summed E-state index contributed by atoms with van der Waals surface area (Å²) < 4.78 is 0. The summed E-state index contributed by atoms with van der Waals surface area (Å²) in [6.45, 7) is 3.92. The van der Waals surface area contributed by atoms with E-state index in [1.807, 2.05) is 26.0 Å². The first-order valence-electron chi connectivity index (χ1n) is 15.0. The summed E-state index contributed by atoms with van der Waals surface area (Å²) in [6.07, 6.45) is 11.1. The Bertz CT molecular complexity index is 1270. The van der Waals surface area contributed by atoms with E-state index in [4.69, 9.17) is 15.7 Å². The largest absolute Gasteiger partial charge is 0.325 e. The number of carbonyl (C=O) groups excluding carboxylic acids is 1. The van der Waals surface area contributed by atoms with Gasteiger partial charge < -0.3 is 11.1 Å². The lowest BCUT2D eigenvalue weighted by atomic mass is 9.49. The van der Waals surface area contributed by atoms with Gasteiger partial charge in [-0.3, -0.25) is 4.79 Å². The van der Waals surface area contributed by atoms with Crippen molar-refractivity contribution in [1.29, 1.82) is 0 Å². The van der Waals surface area contributed by atoms with Gasteiger partial charge in [0.15, 0.2) is 0 Å². The van der Waals surface area contributed by atoms with Crippen molar-refractivity contribution in [2.75, 3.05) is 5.32 Å². The summed E-state index contributed by atoms with van der Waals surface area (Å²) in [6, 6.07) is 20.5. The third-order valence-corrected chi connectivity index (χ3v) is 9.50. The molecule has 4 fully saturated rings. The molecule has 4 saturated carbocycles. The van der Waals surface area contributed by atoms with Gasteiger partial charge in [0.1, 0.15) is 5.82 Å². The van der Waals surface area contributed by atoms with E-state index >= 15 is 0 Å². The molecule has 0 aliphatic heterocycles. The standard InChI is InChI=1S/C34H42N4O/c1-22(2)31(35)32(39)36-28-13-11-27(12-14-28)30-18-29(10-6-9-23-7-4-3-5-8-23)37-33(38-30)34-19-24-15-25(20-34)17-26(16-24)21-34/h3-5,7-8,11-14,18,22,24-26,31H,6,9-10,15-17,19-21,35H2,1-2H3,(H,36,39). The fourth-order valence-electron chi connectivity index (χ4n) is 7.77. The van der Waals surface area contributed by atoms with E-state index in [-0.39, 0.29) is 17.2 Å². The number of aromatic nitrogens is 2. The van der Waals surface area contributed by atoms with Gasteiger partial charge >= 0.3 is 0 Å². The number of nitrogens with one attached hydrogen (secondary N) is 1. The van der Waals surface area contributed by atoms with Gasteiger partial charge in [-0.25, -0.2) is 9.97 Å². The molecule has 7 rings (SSSR count). The molecule has 39 heavy (non-hydrogen) atoms. The van der Waals surface area contributed by atoms with Crippen LogP contribution in [-0.2, 0) is 23.1 Å². The summed E-state index contributed by atoms with van der Waals surface area (Å²) in [5.41, 5.74) is 11.6. The Morgan fingerprint density at radius 1 is 0.923 bits per heavy atom. The smallest absolute Gasteiger partial charge is 0.241 e. The second kappa shape index (κ2) is 10.8. The number of nitrogens with two attached hydrogens (primary N) is 1. The highest BCUT2D eigenvalue weighted by Crippen LogP contribution is 2.60. The Morgan fingerprint density at radius 2 is 1.56 bits per heavy atom. The van der Waals surface area contributed by atoms with Crippen molar-refractivity contribution in [3.63, 3.8) is 0 Å². The predicted octanol–water partition coefficient (Wildman–Crippen LogP) is 6.71. The second-order valence-corrected chi connectivity index (χ2v) is 12.9. The maximum absolute atomic E-state index is 12.4. The molecular weight excluding hydrogens is 480 g/mol. The molecule has 3 aromatic rings. The topological polar surface area (TPSA) is 80.9 Å². The van der Waals surface area contributed by atoms with Crippen LogP contribution in [0.2, 0.25) is 0 Å². The highest BCUT2D eigenvalue weighted by Gasteiger charge is 2.53. The van der Waals surface area contributed by atoms with Crippen LogP contribution in [0.5, 0.6) is 0 Å². The molecule has 1 heterocycles. The van der Waals surface area contributed by atoms with Gasteiger partial charge in [-0.05, 0) is 105 Å². The maximum Gasteiger partial charge on any atom is 0.241 e. The van der Waals surface area contributed by atoms with Crippen LogP contribution in [0.15, 0.2) is 60.7 Å². The molecule has 0 saturated heterocycles. The minimum atomic E-state index is -0.521. The highest BCUT2D eigenvalue weighted by atomic mass is 16.2. The first-order chi connectivity index (χ1) is 18.9. The lowest BCUT2D eigenvalue weighted by Crippen LogP contribution is -2.49. The van der Waals surface area contributed by atoms with E-state index in [2.05, 4.69) is 53.8 Å². The minimum absolute atomic E-state index is 0.0913. The molecule has 4 aliphatic rings. The second-order valence-electron chi connectivity index (χ2n) is 12.9. The Balaban J connectivity index is 1.27. The molecule has 1 atom stereocenters. The van der Waals surface area contributed by atoms with Gasteiger partial charge in [0.25, 0.3) is 0 Å². The van der Waals surface area contributed by atoms with Crippen LogP contribution >= 0.6 is 0 Å². The van der Waals surface area contributed by atoms with E-state index in [9.17, 15) is 4.79 Å². The van der Waals surface area contributed by atoms with Gasteiger partial charge in [-0.15, -0.1) is 0 Å². The van der Waals surface area contributed by atoms with E-state index in [0.29, 0.717) is 0 Å². The lowest BCUT2D eigenvalue weighted by molar-refractivity contribution is -0.118. The number of carbonyl (C=O) groups is 1. The molecule has 2 aromatic carbocycles. The minimum Gasteiger partial charge on any atom is -0.325 e. The molecule has 1 aromatic heterocycles. The average molecular weight is 523 g/mol. The van der Waals surface area contributed by atoms with Crippen LogP contribution in [0.3, 0.4) is 0 Å². The number of hydrogen-bond acceptors (Lipinski definition) is 4. The number of anilines is 1. The number of benzene rings is 2. The van der Waals surface area contributed by atoms with Crippen molar-refractivity contribution >= 4 is 11.6 Å². The van der Waals surface area contributed by atoms with Crippen LogP contribution in [0.25, 0.3) is 11.3 Å². The first kappa shape index (κ1) is 26.2. The zero-order chi connectivity index (χ0) is 27.0. The predicted molar refractivity (Wildman–Crippen MR) is 157 cm³/mol. The van der Waals surface area contributed by atoms with Gasteiger partial charge in [0.2, 0.25) is 5.91 Å². The van der Waals surface area contributed by atoms with E-state index in [1.54, 1.807) is 0 Å². The molecule has 3 N–H and O–H groups in total. The van der Waals surface area contributed by atoms with E-state index in [0.717, 1.165) is 65.5 Å². The summed E-state index contributed by atoms with van der Waals surface area (Å²) in [4.78, 5) is 23.0. The van der Waals surface area contributed by atoms with E-state index in [1.165, 1.54) is 44.1 Å². The third kappa shape index (κ3) is 5.65. The lowest BCUT2D eigenvalue weighted by Gasteiger charge is -2.56.